The fourth-order valence-corrected chi connectivity index (χ4v) is 1.18. The third-order valence-corrected chi connectivity index (χ3v) is 1.69. The van der Waals surface area contributed by atoms with Crippen LogP contribution in [0.1, 0.15) is 0 Å². The van der Waals surface area contributed by atoms with E-state index in [-0.39, 0.29) is 29.7 Å². The van der Waals surface area contributed by atoms with E-state index in [2.05, 4.69) is 20.3 Å². The zero-order valence-corrected chi connectivity index (χ0v) is 9.62. The highest BCUT2D eigenvalue weighted by Gasteiger charge is 2.02. The number of amides is 1. The standard InChI is InChI=1S/C7H9Cl2N5O2/c8-5-12-6(9)14-7(13-5)11-1-2-16-3-4(10)15/h1-3H2,(H2,10,15)(H,11,12,13,14). The first-order chi connectivity index (χ1) is 7.58. The Bertz CT molecular complexity index is 356. The molecule has 0 spiro atoms. The second-order valence-corrected chi connectivity index (χ2v) is 3.32. The Hall–Kier alpha value is -1.18. The first kappa shape index (κ1) is 12.9. The quantitative estimate of drug-likeness (QED) is 0.707. The molecule has 0 radical (unpaired) electrons. The summed E-state index contributed by atoms with van der Waals surface area (Å²) in [5.41, 5.74) is 4.87. The Morgan fingerprint density at radius 2 is 1.94 bits per heavy atom. The molecule has 0 aliphatic heterocycles. The first-order valence-corrected chi connectivity index (χ1v) is 5.00. The van der Waals surface area contributed by atoms with Crippen LogP contribution >= 0.6 is 23.2 Å². The molecule has 1 aromatic heterocycles. The van der Waals surface area contributed by atoms with Gasteiger partial charge in [0, 0.05) is 6.54 Å². The van der Waals surface area contributed by atoms with Gasteiger partial charge in [-0.1, -0.05) is 0 Å². The largest absolute Gasteiger partial charge is 0.370 e. The molecule has 0 bridgehead atoms. The summed E-state index contributed by atoms with van der Waals surface area (Å²) >= 11 is 11.1. The summed E-state index contributed by atoms with van der Waals surface area (Å²) in [6.07, 6.45) is 0. The van der Waals surface area contributed by atoms with Crippen molar-refractivity contribution in [3.63, 3.8) is 0 Å². The van der Waals surface area contributed by atoms with E-state index in [9.17, 15) is 4.79 Å². The van der Waals surface area contributed by atoms with Crippen LogP contribution < -0.4 is 11.1 Å². The van der Waals surface area contributed by atoms with E-state index in [1.165, 1.54) is 0 Å². The zero-order chi connectivity index (χ0) is 12.0. The van der Waals surface area contributed by atoms with Gasteiger partial charge < -0.3 is 15.8 Å². The summed E-state index contributed by atoms with van der Waals surface area (Å²) in [5, 5.41) is 2.79. The minimum Gasteiger partial charge on any atom is -0.370 e. The van der Waals surface area contributed by atoms with Crippen molar-refractivity contribution in [3.8, 4) is 0 Å². The van der Waals surface area contributed by atoms with Crippen LogP contribution in [0.3, 0.4) is 0 Å². The summed E-state index contributed by atoms with van der Waals surface area (Å²) in [4.78, 5) is 21.4. The van der Waals surface area contributed by atoms with Gasteiger partial charge in [-0.25, -0.2) is 0 Å². The Morgan fingerprint density at radius 3 is 2.50 bits per heavy atom. The van der Waals surface area contributed by atoms with Crippen LogP contribution in [-0.2, 0) is 9.53 Å². The lowest BCUT2D eigenvalue weighted by atomic mass is 10.6. The normalized spacial score (nSPS) is 10.1. The zero-order valence-electron chi connectivity index (χ0n) is 8.11. The van der Waals surface area contributed by atoms with Gasteiger partial charge in [0.05, 0.1) is 6.61 Å². The van der Waals surface area contributed by atoms with Crippen LogP contribution in [0.5, 0.6) is 0 Å². The van der Waals surface area contributed by atoms with Gasteiger partial charge in [0.25, 0.3) is 0 Å². The number of carbonyl (C=O) groups excluding carboxylic acids is 1. The van der Waals surface area contributed by atoms with Gasteiger partial charge in [0.15, 0.2) is 0 Å². The molecule has 0 atom stereocenters. The number of carbonyl (C=O) groups is 1. The molecule has 7 nitrogen and oxygen atoms in total. The number of hydrogen-bond acceptors (Lipinski definition) is 6. The van der Waals surface area contributed by atoms with Crippen molar-refractivity contribution in [2.75, 3.05) is 25.1 Å². The lowest BCUT2D eigenvalue weighted by Crippen LogP contribution is -2.21. The molecule has 1 rings (SSSR count). The Morgan fingerprint density at radius 1 is 1.31 bits per heavy atom. The number of anilines is 1. The number of ether oxygens (including phenoxy) is 1. The fraction of sp³-hybridized carbons (Fsp3) is 0.429. The van der Waals surface area contributed by atoms with Gasteiger partial charge in [-0.05, 0) is 23.2 Å². The van der Waals surface area contributed by atoms with Crippen molar-refractivity contribution in [2.24, 2.45) is 5.73 Å². The molecule has 1 amide bonds. The van der Waals surface area contributed by atoms with Crippen molar-refractivity contribution in [1.82, 2.24) is 15.0 Å². The molecule has 0 saturated heterocycles. The molecule has 1 heterocycles. The van der Waals surface area contributed by atoms with Gasteiger partial charge in [-0.3, -0.25) is 4.79 Å². The van der Waals surface area contributed by atoms with Crippen molar-refractivity contribution < 1.29 is 9.53 Å². The SMILES string of the molecule is NC(=O)COCCNc1nc(Cl)nc(Cl)n1. The molecule has 0 aliphatic carbocycles. The molecular formula is C7H9Cl2N5O2. The van der Waals surface area contributed by atoms with Crippen LogP contribution in [0.25, 0.3) is 0 Å². The van der Waals surface area contributed by atoms with E-state index >= 15 is 0 Å². The van der Waals surface area contributed by atoms with Crippen LogP contribution in [0, 0.1) is 0 Å². The van der Waals surface area contributed by atoms with Gasteiger partial charge in [-0.2, -0.15) is 15.0 Å². The minimum atomic E-state index is -0.522. The second-order valence-electron chi connectivity index (χ2n) is 2.64. The molecule has 3 N–H and O–H groups in total. The Balaban J connectivity index is 2.29. The molecule has 0 aliphatic rings. The van der Waals surface area contributed by atoms with E-state index in [1.807, 2.05) is 0 Å². The average molecular weight is 266 g/mol. The van der Waals surface area contributed by atoms with E-state index < -0.39 is 5.91 Å². The van der Waals surface area contributed by atoms with Gasteiger partial charge in [0.1, 0.15) is 6.61 Å². The summed E-state index contributed by atoms with van der Waals surface area (Å²) < 4.78 is 4.90. The highest BCUT2D eigenvalue weighted by molar-refractivity contribution is 6.31. The maximum Gasteiger partial charge on any atom is 0.243 e. The molecule has 9 heteroatoms. The molecule has 88 valence electrons. The minimum absolute atomic E-state index is 0.000513. The predicted octanol–water partition coefficient (Wildman–Crippen LogP) is 0.0922. The highest BCUT2D eigenvalue weighted by atomic mass is 35.5. The van der Waals surface area contributed by atoms with Gasteiger partial charge >= 0.3 is 0 Å². The van der Waals surface area contributed by atoms with Crippen LogP contribution in [0.2, 0.25) is 10.6 Å². The number of nitrogens with two attached hydrogens (primary N) is 1. The summed E-state index contributed by atoms with van der Waals surface area (Å²) in [6, 6.07) is 0. The number of aromatic nitrogens is 3. The topological polar surface area (TPSA) is 103 Å². The molecule has 0 fully saturated rings. The number of rotatable bonds is 6. The van der Waals surface area contributed by atoms with Crippen LogP contribution in [0.15, 0.2) is 0 Å². The molecule has 16 heavy (non-hydrogen) atoms. The molecule has 0 saturated carbocycles. The number of halogens is 2. The van der Waals surface area contributed by atoms with E-state index in [1.54, 1.807) is 0 Å². The monoisotopic (exact) mass is 265 g/mol. The first-order valence-electron chi connectivity index (χ1n) is 4.25. The predicted molar refractivity (Wildman–Crippen MR) is 58.4 cm³/mol. The van der Waals surface area contributed by atoms with E-state index in [4.69, 9.17) is 33.7 Å². The number of nitrogens with one attached hydrogen (secondary N) is 1. The second kappa shape index (κ2) is 6.41. The van der Waals surface area contributed by atoms with Crippen LogP contribution in [-0.4, -0.2) is 40.6 Å². The van der Waals surface area contributed by atoms with E-state index in [0.717, 1.165) is 0 Å². The summed E-state index contributed by atoms with van der Waals surface area (Å²) in [5.74, 6) is -0.279. The maximum atomic E-state index is 10.3. The van der Waals surface area contributed by atoms with Crippen molar-refractivity contribution in [3.05, 3.63) is 10.6 Å². The Kier molecular flexibility index (Phi) is 5.17. The van der Waals surface area contributed by atoms with Crippen molar-refractivity contribution in [1.29, 1.82) is 0 Å². The summed E-state index contributed by atoms with van der Waals surface area (Å²) in [6.45, 7) is 0.550. The fourth-order valence-electron chi connectivity index (χ4n) is 0.813. The van der Waals surface area contributed by atoms with E-state index in [0.29, 0.717) is 6.54 Å². The smallest absolute Gasteiger partial charge is 0.243 e. The summed E-state index contributed by atoms with van der Waals surface area (Å²) in [7, 11) is 0. The van der Waals surface area contributed by atoms with Gasteiger partial charge in [-0.15, -0.1) is 0 Å². The molecule has 1 aromatic rings. The third-order valence-electron chi connectivity index (χ3n) is 1.35. The number of primary amides is 1. The van der Waals surface area contributed by atoms with Gasteiger partial charge in [0.2, 0.25) is 22.4 Å². The molecule has 0 aromatic carbocycles. The lowest BCUT2D eigenvalue weighted by Gasteiger charge is -2.04. The van der Waals surface area contributed by atoms with Crippen molar-refractivity contribution >= 4 is 35.1 Å². The number of hydrogen-bond donors (Lipinski definition) is 2. The average Bonchev–Trinajstić information content (AvgIpc) is 2.15. The van der Waals surface area contributed by atoms with Crippen molar-refractivity contribution in [2.45, 2.75) is 0 Å². The molecule has 0 unspecified atom stereocenters. The third kappa shape index (κ3) is 5.06. The maximum absolute atomic E-state index is 10.3. The number of nitrogens with zero attached hydrogens (tertiary/aromatic N) is 3. The molecular weight excluding hydrogens is 257 g/mol. The lowest BCUT2D eigenvalue weighted by molar-refractivity contribution is -0.122. The van der Waals surface area contributed by atoms with Crippen LogP contribution in [0.4, 0.5) is 5.95 Å². The highest BCUT2D eigenvalue weighted by Crippen LogP contribution is 2.08. The Labute approximate surface area is 101 Å².